The maximum Gasteiger partial charge on any atom is 2.00 e. The Kier molecular flexibility index (Phi) is 15.5. The fourth-order valence-electron chi connectivity index (χ4n) is 7.99. The molecule has 4 atom stereocenters. The van der Waals surface area contributed by atoms with Crippen LogP contribution in [-0.4, -0.2) is 106 Å². The van der Waals surface area contributed by atoms with Gasteiger partial charge in [-0.05, 0) is 95.7 Å². The number of esters is 1. The molecule has 1 fully saturated rings. The summed E-state index contributed by atoms with van der Waals surface area (Å²) in [5, 5.41) is 34.0. The molecule has 0 spiro atoms. The van der Waals surface area contributed by atoms with E-state index in [4.69, 9.17) is 19.7 Å². The number of carbonyl (C=O) groups excluding carboxylic acids is 2. The molecule has 0 radical (unpaired) electrons. The zero-order valence-corrected chi connectivity index (χ0v) is 36.8. The second kappa shape index (κ2) is 19.5. The largest absolute Gasteiger partial charge is 2.00 e. The molecule has 2 N–H and O–H groups in total. The van der Waals surface area contributed by atoms with Crippen LogP contribution in [0.5, 0.6) is 0 Å². The van der Waals surface area contributed by atoms with Gasteiger partial charge in [0.25, 0.3) is 0 Å². The molecule has 0 unspecified atom stereocenters. The van der Waals surface area contributed by atoms with Gasteiger partial charge in [0.15, 0.2) is 0 Å². The molecule has 0 aromatic heterocycles. The first kappa shape index (κ1) is 45.5. The normalized spacial score (nSPS) is 24.2. The van der Waals surface area contributed by atoms with Crippen LogP contribution in [0.25, 0.3) is 0 Å². The van der Waals surface area contributed by atoms with Gasteiger partial charge in [0.1, 0.15) is 0 Å². The van der Waals surface area contributed by atoms with E-state index in [0.717, 1.165) is 23.4 Å². The van der Waals surface area contributed by atoms with Crippen molar-refractivity contribution in [3.05, 3.63) is 80.3 Å². The maximum atomic E-state index is 14.2. The number of hydrogen-bond acceptors (Lipinski definition) is 12. The van der Waals surface area contributed by atoms with Crippen molar-refractivity contribution in [1.82, 2.24) is 20.4 Å². The zero-order chi connectivity index (χ0) is 41.0. The van der Waals surface area contributed by atoms with Gasteiger partial charge in [0.2, 0.25) is 5.91 Å². The summed E-state index contributed by atoms with van der Waals surface area (Å²) >= 11 is 0. The van der Waals surface area contributed by atoms with Crippen LogP contribution in [0.3, 0.4) is 0 Å². The molecule has 1 saturated heterocycles. The van der Waals surface area contributed by atoms with Gasteiger partial charge in [0.05, 0.1) is 48.6 Å². The number of carbonyl (C=O) groups is 2. The average molecular weight is 873 g/mol. The smallest absolute Gasteiger partial charge is 0.875 e. The molecule has 0 aromatic rings. The SMILES string of the molecule is CC[C@H]1C2=CC3=NC(=C(CC(=O)OC)C4=NC(=CC5=C(C)/C(=C(/C)[O-])C(=N5)C=C(N2)[C@@H]1C)[C@@H](C)[C@@H]4CCC(=O)NCCN(C)C)C(C([O-])=NCCN(C)C)=C3C.[Pd+2]. The summed E-state index contributed by atoms with van der Waals surface area (Å²) in [4.78, 5) is 50.3. The summed E-state index contributed by atoms with van der Waals surface area (Å²) < 4.78 is 5.23. The minimum Gasteiger partial charge on any atom is -0.875 e. The van der Waals surface area contributed by atoms with Crippen LogP contribution in [0, 0.1) is 23.7 Å². The van der Waals surface area contributed by atoms with Crippen LogP contribution in [0.15, 0.2) is 100 Å². The van der Waals surface area contributed by atoms with Crippen molar-refractivity contribution >= 4 is 34.9 Å². The molecule has 0 aliphatic carbocycles. The van der Waals surface area contributed by atoms with E-state index >= 15 is 0 Å². The van der Waals surface area contributed by atoms with Crippen molar-refractivity contribution in [2.24, 2.45) is 43.6 Å². The average Bonchev–Trinajstić information content (AvgIpc) is 3.82. The van der Waals surface area contributed by atoms with E-state index in [0.29, 0.717) is 82.6 Å². The van der Waals surface area contributed by atoms with Gasteiger partial charge in [-0.15, -0.1) is 5.76 Å². The minimum absolute atomic E-state index is 0. The third-order valence-corrected chi connectivity index (χ3v) is 11.3. The molecule has 0 aromatic carbocycles. The molecule has 5 heterocycles. The topological polar surface area (TPSA) is 169 Å². The van der Waals surface area contributed by atoms with Crippen LogP contribution in [0.2, 0.25) is 0 Å². The summed E-state index contributed by atoms with van der Waals surface area (Å²) in [6.45, 7) is 13.8. The third kappa shape index (κ3) is 10.1. The standard InChI is InChI=1S/C43H60N8O5.Pd/c1-12-28-23(2)31-22-36-39(27(6)52)25(4)33(47-36)20-32-24(3)29(13-14-37(53)44-15-17-50(7)8)41(48-32)30(19-38(54)56-11)42-40(43(55)45-16-18-51(9)10)26(5)34(49-42)21-35(28)46-31;/h20-24,28-29,46,52H,12-19H2,1-11H3,(H,44,53)(H,45,55);/q;+2/p-2/b31-22?,32-20?,35-21?,39-27+,42-30?;/t23-,24+,28-,29+;/m1./s1. The van der Waals surface area contributed by atoms with Gasteiger partial charge < -0.3 is 35.4 Å². The van der Waals surface area contributed by atoms with Gasteiger partial charge >= 0.3 is 26.4 Å². The number of likely N-dealkylation sites (N-methyl/N-ethyl adjacent to an activating group) is 2. The van der Waals surface area contributed by atoms with E-state index in [9.17, 15) is 19.8 Å². The molecule has 0 saturated carbocycles. The first-order valence-electron chi connectivity index (χ1n) is 19.6. The molecule has 13 nitrogen and oxygen atoms in total. The Morgan fingerprint density at radius 2 is 1.61 bits per heavy atom. The van der Waals surface area contributed by atoms with Gasteiger partial charge in [-0.25, -0.2) is 9.98 Å². The van der Waals surface area contributed by atoms with Crippen molar-refractivity contribution in [3.63, 3.8) is 0 Å². The molecule has 5 aliphatic rings. The second-order valence-electron chi connectivity index (χ2n) is 15.8. The van der Waals surface area contributed by atoms with Crippen LogP contribution < -0.4 is 20.8 Å². The van der Waals surface area contributed by atoms with Crippen LogP contribution >= 0.6 is 0 Å². The fourth-order valence-corrected chi connectivity index (χ4v) is 7.99. The number of aliphatic imine (C=N–C) groups is 4. The summed E-state index contributed by atoms with van der Waals surface area (Å²) in [7, 11) is 9.09. The number of nitrogens with zero attached hydrogens (tertiary/aromatic N) is 6. The van der Waals surface area contributed by atoms with Gasteiger partial charge in [-0.2, -0.15) is 0 Å². The first-order chi connectivity index (χ1) is 26.6. The first-order valence-corrected chi connectivity index (χ1v) is 19.6. The predicted molar refractivity (Wildman–Crippen MR) is 219 cm³/mol. The second-order valence-corrected chi connectivity index (χ2v) is 15.8. The zero-order valence-electron chi connectivity index (χ0n) is 35.2. The number of rotatable bonds is 13. The summed E-state index contributed by atoms with van der Waals surface area (Å²) in [5.41, 5.74) is 8.04. The van der Waals surface area contributed by atoms with E-state index in [-0.39, 0.29) is 75.1 Å². The van der Waals surface area contributed by atoms with Crippen molar-refractivity contribution in [1.29, 1.82) is 0 Å². The molecule has 14 heteroatoms. The van der Waals surface area contributed by atoms with Crippen molar-refractivity contribution < 1.29 is 45.0 Å². The number of amides is 1. The monoisotopic (exact) mass is 872 g/mol. The molecule has 5 rings (SSSR count). The quantitative estimate of drug-likeness (QED) is 0.0935. The van der Waals surface area contributed by atoms with Crippen molar-refractivity contribution in [2.75, 3.05) is 61.5 Å². The van der Waals surface area contributed by atoms with Gasteiger partial charge in [0, 0.05) is 78.0 Å². The summed E-state index contributed by atoms with van der Waals surface area (Å²) in [6, 6.07) is 0. The summed E-state index contributed by atoms with van der Waals surface area (Å²) in [5.74, 6) is -1.45. The van der Waals surface area contributed by atoms with E-state index < -0.39 is 11.9 Å². The Bertz CT molecular complexity index is 1990. The number of hydrogen-bond donors (Lipinski definition) is 2. The number of methoxy groups -OCH3 is 1. The number of fused-ring (bicyclic) bond motifs is 5. The molecular weight excluding hydrogens is 815 g/mol. The Morgan fingerprint density at radius 1 is 0.930 bits per heavy atom. The van der Waals surface area contributed by atoms with Crippen molar-refractivity contribution in [3.8, 4) is 0 Å². The number of ether oxygens (including phenoxy) is 1. The molecule has 1 amide bonds. The molecule has 8 bridgehead atoms. The molecule has 310 valence electrons. The van der Waals surface area contributed by atoms with E-state index in [2.05, 4.69) is 29.5 Å². The number of nitrogens with one attached hydrogen (secondary N) is 2. The Morgan fingerprint density at radius 3 is 2.25 bits per heavy atom. The van der Waals surface area contributed by atoms with Crippen LogP contribution in [0.1, 0.15) is 67.2 Å². The summed E-state index contributed by atoms with van der Waals surface area (Å²) in [6.07, 6.45) is 7.16. The maximum absolute atomic E-state index is 14.2. The van der Waals surface area contributed by atoms with Crippen molar-refractivity contribution in [2.45, 2.75) is 67.2 Å². The molecular formula is C43H58N8O5Pd. The molecule has 5 aliphatic heterocycles. The minimum atomic E-state index is -0.512. The Labute approximate surface area is 351 Å². The van der Waals surface area contributed by atoms with Gasteiger partial charge in [-0.1, -0.05) is 27.7 Å². The number of allylic oxidation sites excluding steroid dienone is 10. The molecule has 57 heavy (non-hydrogen) atoms. The Balaban J connectivity index is 0.00000720. The van der Waals surface area contributed by atoms with Crippen LogP contribution in [-0.2, 0) is 34.7 Å². The van der Waals surface area contributed by atoms with Gasteiger partial charge in [-0.3, -0.25) is 19.6 Å². The van der Waals surface area contributed by atoms with E-state index in [1.165, 1.54) is 7.11 Å². The predicted octanol–water partition coefficient (Wildman–Crippen LogP) is 3.35. The van der Waals surface area contributed by atoms with E-state index in [1.54, 1.807) is 6.92 Å². The third-order valence-electron chi connectivity index (χ3n) is 11.3. The van der Waals surface area contributed by atoms with Crippen LogP contribution in [0.4, 0.5) is 0 Å². The van der Waals surface area contributed by atoms with E-state index in [1.807, 2.05) is 77.0 Å². The fraction of sp³-hybridized carbons (Fsp3) is 0.535. The Hall–Kier alpha value is -4.22.